The lowest BCUT2D eigenvalue weighted by Crippen LogP contribution is -2.12. The summed E-state index contributed by atoms with van der Waals surface area (Å²) < 4.78 is 4.62. The van der Waals surface area contributed by atoms with Crippen LogP contribution in [0.25, 0.3) is 0 Å². The van der Waals surface area contributed by atoms with Gasteiger partial charge in [-0.05, 0) is 42.8 Å². The van der Waals surface area contributed by atoms with Crippen molar-refractivity contribution in [1.29, 1.82) is 0 Å². The van der Waals surface area contributed by atoms with E-state index >= 15 is 0 Å². The standard InChI is InChI=1S/C13H19BrN4O/c1-5-18-10(6-8(2)15-18)12(19)7-11-13(14)9(3)16-17(11)4/h6,12,19H,5,7H2,1-4H3. The van der Waals surface area contributed by atoms with E-state index in [4.69, 9.17) is 0 Å². The summed E-state index contributed by atoms with van der Waals surface area (Å²) in [4.78, 5) is 0. The van der Waals surface area contributed by atoms with E-state index in [1.165, 1.54) is 0 Å². The maximum Gasteiger partial charge on any atom is 0.101 e. The Kier molecular flexibility index (Phi) is 4.10. The van der Waals surface area contributed by atoms with Gasteiger partial charge in [0.1, 0.15) is 6.10 Å². The number of hydrogen-bond donors (Lipinski definition) is 1. The van der Waals surface area contributed by atoms with Crippen molar-refractivity contribution < 1.29 is 5.11 Å². The van der Waals surface area contributed by atoms with Gasteiger partial charge in [0.15, 0.2) is 0 Å². The lowest BCUT2D eigenvalue weighted by Gasteiger charge is -2.12. The number of aromatic nitrogens is 4. The molecule has 2 rings (SSSR count). The Bertz CT molecular complexity index is 588. The van der Waals surface area contributed by atoms with E-state index in [0.29, 0.717) is 6.42 Å². The second-order valence-corrected chi connectivity index (χ2v) is 5.51. The minimum absolute atomic E-state index is 0.517. The Morgan fingerprint density at radius 3 is 2.58 bits per heavy atom. The molecule has 6 heteroatoms. The van der Waals surface area contributed by atoms with Gasteiger partial charge in [-0.25, -0.2) is 0 Å². The van der Waals surface area contributed by atoms with Gasteiger partial charge in [0, 0.05) is 20.0 Å². The van der Waals surface area contributed by atoms with Gasteiger partial charge in [-0.1, -0.05) is 0 Å². The molecule has 19 heavy (non-hydrogen) atoms. The molecule has 0 radical (unpaired) electrons. The first-order chi connectivity index (χ1) is 8.93. The van der Waals surface area contributed by atoms with Crippen LogP contribution in [-0.4, -0.2) is 24.7 Å². The van der Waals surface area contributed by atoms with Crippen LogP contribution in [-0.2, 0) is 20.0 Å². The summed E-state index contributed by atoms with van der Waals surface area (Å²) in [5, 5.41) is 19.1. The van der Waals surface area contributed by atoms with E-state index in [0.717, 1.165) is 33.8 Å². The van der Waals surface area contributed by atoms with E-state index in [1.807, 2.05) is 43.2 Å². The van der Waals surface area contributed by atoms with Crippen molar-refractivity contribution in [1.82, 2.24) is 19.6 Å². The van der Waals surface area contributed by atoms with Crippen molar-refractivity contribution in [3.63, 3.8) is 0 Å². The molecule has 0 fully saturated rings. The molecular weight excluding hydrogens is 308 g/mol. The highest BCUT2D eigenvalue weighted by molar-refractivity contribution is 9.10. The fourth-order valence-corrected chi connectivity index (χ4v) is 2.77. The maximum atomic E-state index is 10.4. The molecule has 0 aliphatic heterocycles. The number of aliphatic hydroxyl groups is 1. The van der Waals surface area contributed by atoms with Crippen LogP contribution in [0.4, 0.5) is 0 Å². The van der Waals surface area contributed by atoms with Gasteiger partial charge in [-0.2, -0.15) is 10.2 Å². The number of hydrogen-bond acceptors (Lipinski definition) is 3. The summed E-state index contributed by atoms with van der Waals surface area (Å²) in [6.45, 7) is 6.66. The zero-order valence-corrected chi connectivity index (χ0v) is 13.3. The highest BCUT2D eigenvalue weighted by atomic mass is 79.9. The summed E-state index contributed by atoms with van der Waals surface area (Å²) >= 11 is 3.53. The third-order valence-electron chi connectivity index (χ3n) is 3.22. The van der Waals surface area contributed by atoms with Crippen molar-refractivity contribution in [2.75, 3.05) is 0 Å². The fourth-order valence-electron chi connectivity index (χ4n) is 2.28. The molecule has 1 unspecified atom stereocenters. The van der Waals surface area contributed by atoms with E-state index < -0.39 is 6.10 Å². The largest absolute Gasteiger partial charge is 0.386 e. The lowest BCUT2D eigenvalue weighted by molar-refractivity contribution is 0.164. The molecule has 1 N–H and O–H groups in total. The van der Waals surface area contributed by atoms with Crippen molar-refractivity contribution in [2.24, 2.45) is 7.05 Å². The third kappa shape index (κ3) is 2.74. The van der Waals surface area contributed by atoms with Crippen molar-refractivity contribution in [3.8, 4) is 0 Å². The van der Waals surface area contributed by atoms with Crippen LogP contribution in [0.1, 0.15) is 35.8 Å². The molecule has 0 saturated heterocycles. The first kappa shape index (κ1) is 14.3. The Labute approximate surface area is 121 Å². The third-order valence-corrected chi connectivity index (χ3v) is 4.25. The van der Waals surface area contributed by atoms with Crippen LogP contribution < -0.4 is 0 Å². The van der Waals surface area contributed by atoms with Crippen LogP contribution in [0, 0.1) is 13.8 Å². The first-order valence-corrected chi connectivity index (χ1v) is 7.13. The van der Waals surface area contributed by atoms with Gasteiger partial charge < -0.3 is 5.11 Å². The van der Waals surface area contributed by atoms with Gasteiger partial charge in [-0.3, -0.25) is 9.36 Å². The number of aliphatic hydroxyl groups excluding tert-OH is 1. The summed E-state index contributed by atoms with van der Waals surface area (Å²) in [6, 6.07) is 1.94. The van der Waals surface area contributed by atoms with Crippen LogP contribution in [0.5, 0.6) is 0 Å². The Morgan fingerprint density at radius 1 is 1.37 bits per heavy atom. The summed E-state index contributed by atoms with van der Waals surface area (Å²) in [6.07, 6.45) is -0.0597. The molecule has 2 heterocycles. The molecule has 0 saturated carbocycles. The predicted octanol–water partition coefficient (Wildman–Crippen LogP) is 2.29. The highest BCUT2D eigenvalue weighted by Crippen LogP contribution is 2.26. The molecule has 0 aliphatic rings. The molecule has 5 nitrogen and oxygen atoms in total. The molecule has 0 bridgehead atoms. The molecule has 0 aromatic carbocycles. The minimum atomic E-state index is -0.577. The Hall–Kier alpha value is -1.14. The molecule has 104 valence electrons. The average Bonchev–Trinajstić information content (AvgIpc) is 2.85. The van der Waals surface area contributed by atoms with Gasteiger partial charge in [-0.15, -0.1) is 0 Å². The summed E-state index contributed by atoms with van der Waals surface area (Å²) in [7, 11) is 1.89. The number of nitrogens with zero attached hydrogens (tertiary/aromatic N) is 4. The highest BCUT2D eigenvalue weighted by Gasteiger charge is 2.19. The van der Waals surface area contributed by atoms with Gasteiger partial charge in [0.25, 0.3) is 0 Å². The number of rotatable bonds is 4. The van der Waals surface area contributed by atoms with Gasteiger partial charge in [0.2, 0.25) is 0 Å². The van der Waals surface area contributed by atoms with Gasteiger partial charge >= 0.3 is 0 Å². The predicted molar refractivity (Wildman–Crippen MR) is 76.9 cm³/mol. The molecule has 1 atom stereocenters. The minimum Gasteiger partial charge on any atom is -0.386 e. The second kappa shape index (κ2) is 5.46. The number of halogens is 1. The normalized spacial score (nSPS) is 12.9. The first-order valence-electron chi connectivity index (χ1n) is 6.34. The van der Waals surface area contributed by atoms with Crippen molar-refractivity contribution in [2.45, 2.75) is 39.8 Å². The summed E-state index contributed by atoms with van der Waals surface area (Å²) in [5.41, 5.74) is 3.71. The Balaban J connectivity index is 2.27. The Morgan fingerprint density at radius 2 is 2.05 bits per heavy atom. The van der Waals surface area contributed by atoms with Gasteiger partial charge in [0.05, 0.1) is 27.2 Å². The average molecular weight is 327 g/mol. The van der Waals surface area contributed by atoms with Crippen molar-refractivity contribution >= 4 is 15.9 Å². The summed E-state index contributed by atoms with van der Waals surface area (Å²) in [5.74, 6) is 0. The monoisotopic (exact) mass is 326 g/mol. The fraction of sp³-hybridized carbons (Fsp3) is 0.538. The zero-order chi connectivity index (χ0) is 14.2. The molecule has 2 aromatic heterocycles. The van der Waals surface area contributed by atoms with E-state index in [-0.39, 0.29) is 0 Å². The molecular formula is C13H19BrN4O. The molecule has 2 aromatic rings. The van der Waals surface area contributed by atoms with Crippen LogP contribution in [0.2, 0.25) is 0 Å². The van der Waals surface area contributed by atoms with Crippen LogP contribution in [0.3, 0.4) is 0 Å². The molecule has 0 spiro atoms. The second-order valence-electron chi connectivity index (χ2n) is 4.72. The quantitative estimate of drug-likeness (QED) is 0.937. The topological polar surface area (TPSA) is 55.9 Å². The molecule has 0 amide bonds. The SMILES string of the molecule is CCn1nc(C)cc1C(O)Cc1c(Br)c(C)nn1C. The van der Waals surface area contributed by atoms with Crippen LogP contribution in [0.15, 0.2) is 10.5 Å². The molecule has 0 aliphatic carbocycles. The van der Waals surface area contributed by atoms with E-state index in [1.54, 1.807) is 0 Å². The lowest BCUT2D eigenvalue weighted by atomic mass is 10.1. The van der Waals surface area contributed by atoms with Crippen LogP contribution >= 0.6 is 15.9 Å². The smallest absolute Gasteiger partial charge is 0.101 e. The van der Waals surface area contributed by atoms with E-state index in [9.17, 15) is 5.11 Å². The van der Waals surface area contributed by atoms with E-state index in [2.05, 4.69) is 26.1 Å². The maximum absolute atomic E-state index is 10.4. The van der Waals surface area contributed by atoms with Crippen molar-refractivity contribution in [3.05, 3.63) is 33.3 Å². The number of aryl methyl sites for hydroxylation is 4. The zero-order valence-electron chi connectivity index (χ0n) is 11.7.